The number of amides is 1. The molecule has 0 saturated heterocycles. The Labute approximate surface area is 162 Å². The number of likely N-dealkylation sites (N-methyl/N-ethyl adjacent to an activating group) is 1. The van der Waals surface area contributed by atoms with E-state index in [1.807, 2.05) is 30.3 Å². The van der Waals surface area contributed by atoms with E-state index in [4.69, 9.17) is 27.9 Å². The first-order valence-electron chi connectivity index (χ1n) is 7.98. The van der Waals surface area contributed by atoms with E-state index in [2.05, 4.69) is 0 Å². The lowest BCUT2D eigenvalue weighted by atomic mass is 9.90. The van der Waals surface area contributed by atoms with Gasteiger partial charge in [-0.05, 0) is 25.5 Å². The third kappa shape index (κ3) is 3.94. The number of benzene rings is 2. The molecule has 5 nitrogen and oxygen atoms in total. The average molecular weight is 396 g/mol. The molecule has 2 aromatic rings. The van der Waals surface area contributed by atoms with E-state index in [1.165, 1.54) is 13.0 Å². The number of ether oxygens (including phenoxy) is 1. The predicted molar refractivity (Wildman–Crippen MR) is 100 cm³/mol. The maximum Gasteiger partial charge on any atom is 0.411 e. The number of nitrogens with zero attached hydrogens (tertiary/aromatic N) is 1. The van der Waals surface area contributed by atoms with Gasteiger partial charge in [0.15, 0.2) is 5.54 Å². The molecule has 2 aromatic carbocycles. The summed E-state index contributed by atoms with van der Waals surface area (Å²) in [7, 11) is 0. The van der Waals surface area contributed by atoms with Gasteiger partial charge >= 0.3 is 12.1 Å². The summed E-state index contributed by atoms with van der Waals surface area (Å²) in [6, 6.07) is 13.8. The molecule has 1 unspecified atom stereocenters. The van der Waals surface area contributed by atoms with Crippen molar-refractivity contribution in [2.24, 2.45) is 0 Å². The molecule has 26 heavy (non-hydrogen) atoms. The molecule has 0 aromatic heterocycles. The highest BCUT2D eigenvalue weighted by atomic mass is 35.5. The minimum absolute atomic E-state index is 0.0369. The molecular weight excluding hydrogens is 377 g/mol. The zero-order valence-electron chi connectivity index (χ0n) is 14.4. The minimum atomic E-state index is -1.73. The van der Waals surface area contributed by atoms with Crippen LogP contribution in [0.25, 0.3) is 0 Å². The summed E-state index contributed by atoms with van der Waals surface area (Å²) in [4.78, 5) is 25.9. The van der Waals surface area contributed by atoms with Crippen molar-refractivity contribution in [3.8, 4) is 0 Å². The predicted octanol–water partition coefficient (Wildman–Crippen LogP) is 4.95. The number of hydrogen-bond donors (Lipinski definition) is 1. The number of carboxylic acid groups (broad SMARTS) is 1. The lowest BCUT2D eigenvalue weighted by molar-refractivity contribution is -0.150. The first-order valence-corrected chi connectivity index (χ1v) is 8.74. The van der Waals surface area contributed by atoms with E-state index < -0.39 is 17.6 Å². The van der Waals surface area contributed by atoms with E-state index in [-0.39, 0.29) is 28.8 Å². The molecule has 0 heterocycles. The third-order valence-corrected chi connectivity index (χ3v) is 4.99. The molecule has 2 rings (SSSR count). The summed E-state index contributed by atoms with van der Waals surface area (Å²) < 4.78 is 5.32. The molecule has 0 fully saturated rings. The fourth-order valence-electron chi connectivity index (χ4n) is 2.68. The van der Waals surface area contributed by atoms with Gasteiger partial charge in [-0.3, -0.25) is 4.90 Å². The number of aliphatic carboxylic acids is 1. The van der Waals surface area contributed by atoms with Crippen molar-refractivity contribution in [3.63, 3.8) is 0 Å². The van der Waals surface area contributed by atoms with Crippen LogP contribution in [0.3, 0.4) is 0 Å². The summed E-state index contributed by atoms with van der Waals surface area (Å²) >= 11 is 12.3. The van der Waals surface area contributed by atoms with Crippen LogP contribution in [0.4, 0.5) is 4.79 Å². The molecule has 0 radical (unpaired) electrons. The normalized spacial score (nSPS) is 12.9. The van der Waals surface area contributed by atoms with Gasteiger partial charge in [0, 0.05) is 12.1 Å². The van der Waals surface area contributed by atoms with Crippen molar-refractivity contribution in [1.82, 2.24) is 4.90 Å². The summed E-state index contributed by atoms with van der Waals surface area (Å²) in [5, 5.41) is 10.2. The van der Waals surface area contributed by atoms with Gasteiger partial charge in [-0.1, -0.05) is 65.7 Å². The monoisotopic (exact) mass is 395 g/mol. The Kier molecular flexibility index (Phi) is 6.51. The highest BCUT2D eigenvalue weighted by Crippen LogP contribution is 2.37. The van der Waals surface area contributed by atoms with E-state index in [0.717, 1.165) is 10.5 Å². The summed E-state index contributed by atoms with van der Waals surface area (Å²) in [6.45, 7) is 3.22. The van der Waals surface area contributed by atoms with Crippen molar-refractivity contribution in [2.75, 3.05) is 6.54 Å². The van der Waals surface area contributed by atoms with E-state index >= 15 is 0 Å². The van der Waals surface area contributed by atoms with Gasteiger partial charge in [0.1, 0.15) is 6.61 Å². The Morgan fingerprint density at radius 1 is 1.12 bits per heavy atom. The first kappa shape index (κ1) is 20.1. The number of carboxylic acids is 1. The van der Waals surface area contributed by atoms with Crippen LogP contribution in [0, 0.1) is 0 Å². The lowest BCUT2D eigenvalue weighted by Crippen LogP contribution is -2.53. The van der Waals surface area contributed by atoms with Crippen molar-refractivity contribution < 1.29 is 19.4 Å². The largest absolute Gasteiger partial charge is 0.479 e. The molecule has 0 bridgehead atoms. The fourth-order valence-corrected chi connectivity index (χ4v) is 3.17. The number of halogens is 2. The Bertz CT molecular complexity index is 797. The maximum atomic E-state index is 12.6. The van der Waals surface area contributed by atoms with Gasteiger partial charge in [0.2, 0.25) is 0 Å². The van der Waals surface area contributed by atoms with Crippen molar-refractivity contribution >= 4 is 35.3 Å². The third-order valence-electron chi connectivity index (χ3n) is 4.17. The molecule has 138 valence electrons. The molecule has 1 amide bonds. The van der Waals surface area contributed by atoms with Crippen molar-refractivity contribution in [1.29, 1.82) is 0 Å². The molecule has 1 N–H and O–H groups in total. The van der Waals surface area contributed by atoms with Crippen LogP contribution in [0.2, 0.25) is 10.0 Å². The second-order valence-electron chi connectivity index (χ2n) is 5.76. The van der Waals surface area contributed by atoms with Crippen LogP contribution >= 0.6 is 23.2 Å². The number of hydrogen-bond acceptors (Lipinski definition) is 3. The van der Waals surface area contributed by atoms with Gasteiger partial charge in [-0.2, -0.15) is 0 Å². The minimum Gasteiger partial charge on any atom is -0.479 e. The number of rotatable bonds is 6. The summed E-state index contributed by atoms with van der Waals surface area (Å²) in [5.74, 6) is -1.24. The number of carbonyl (C=O) groups excluding carboxylic acids is 1. The van der Waals surface area contributed by atoms with Crippen LogP contribution in [-0.4, -0.2) is 28.6 Å². The summed E-state index contributed by atoms with van der Waals surface area (Å²) in [6.07, 6.45) is -0.753. The standard InChI is InChI=1S/C19H19Cl2NO4/c1-3-22(18(25)26-12-13-8-5-4-6-9-13)19(2,17(23)24)14-10-7-11-15(20)16(14)21/h4-11H,3,12H2,1-2H3,(H,23,24). The Hall–Kier alpha value is -2.24. The molecular formula is C19H19Cl2NO4. The second kappa shape index (κ2) is 8.43. The van der Waals surface area contributed by atoms with E-state index in [0.29, 0.717) is 0 Å². The van der Waals surface area contributed by atoms with E-state index in [9.17, 15) is 14.7 Å². The Morgan fingerprint density at radius 2 is 1.77 bits per heavy atom. The van der Waals surface area contributed by atoms with Crippen LogP contribution in [0.1, 0.15) is 25.0 Å². The zero-order valence-corrected chi connectivity index (χ0v) is 15.9. The van der Waals surface area contributed by atoms with Crippen LogP contribution in [0.15, 0.2) is 48.5 Å². The van der Waals surface area contributed by atoms with Crippen molar-refractivity contribution in [3.05, 3.63) is 69.7 Å². The highest BCUT2D eigenvalue weighted by Gasteiger charge is 2.45. The fraction of sp³-hybridized carbons (Fsp3) is 0.263. The number of carbonyl (C=O) groups is 2. The maximum absolute atomic E-state index is 12.6. The topological polar surface area (TPSA) is 66.8 Å². The molecule has 0 spiro atoms. The van der Waals surface area contributed by atoms with Crippen molar-refractivity contribution in [2.45, 2.75) is 26.0 Å². The second-order valence-corrected chi connectivity index (χ2v) is 6.55. The van der Waals surface area contributed by atoms with E-state index in [1.54, 1.807) is 19.1 Å². The molecule has 0 aliphatic heterocycles. The van der Waals surface area contributed by atoms with Gasteiger partial charge in [-0.15, -0.1) is 0 Å². The Balaban J connectivity index is 2.34. The highest BCUT2D eigenvalue weighted by molar-refractivity contribution is 6.42. The van der Waals surface area contributed by atoms with Gasteiger partial charge in [-0.25, -0.2) is 9.59 Å². The lowest BCUT2D eigenvalue weighted by Gasteiger charge is -2.37. The first-order chi connectivity index (χ1) is 12.3. The molecule has 7 heteroatoms. The quantitative estimate of drug-likeness (QED) is 0.750. The van der Waals surface area contributed by atoms with Gasteiger partial charge in [0.25, 0.3) is 0 Å². The van der Waals surface area contributed by atoms with Gasteiger partial charge in [0.05, 0.1) is 10.0 Å². The van der Waals surface area contributed by atoms with Gasteiger partial charge < -0.3 is 9.84 Å². The SMILES string of the molecule is CCN(C(=O)OCc1ccccc1)C(C)(C(=O)O)c1cccc(Cl)c1Cl. The molecule has 0 aliphatic carbocycles. The average Bonchev–Trinajstić information content (AvgIpc) is 2.63. The van der Waals surface area contributed by atoms with Crippen LogP contribution in [-0.2, 0) is 21.7 Å². The zero-order chi connectivity index (χ0) is 19.3. The smallest absolute Gasteiger partial charge is 0.411 e. The molecule has 1 atom stereocenters. The Morgan fingerprint density at radius 3 is 2.35 bits per heavy atom. The molecule has 0 saturated carbocycles. The van der Waals surface area contributed by atoms with Crippen LogP contribution < -0.4 is 0 Å². The van der Waals surface area contributed by atoms with Crippen LogP contribution in [0.5, 0.6) is 0 Å². The summed E-state index contributed by atoms with van der Waals surface area (Å²) in [5.41, 5.74) is -0.711. The molecule has 0 aliphatic rings.